The molecule has 0 aromatic heterocycles. The molecular weight excluding hydrogens is 368 g/mol. The first-order valence-electron chi connectivity index (χ1n) is 10.2. The van der Waals surface area contributed by atoms with E-state index in [4.69, 9.17) is 9.84 Å². The third kappa shape index (κ3) is 6.06. The van der Waals surface area contributed by atoms with Crippen LogP contribution in [0.1, 0.15) is 57.5 Å². The van der Waals surface area contributed by atoms with Gasteiger partial charge in [-0.1, -0.05) is 12.1 Å². The summed E-state index contributed by atoms with van der Waals surface area (Å²) >= 11 is 0. The van der Waals surface area contributed by atoms with E-state index in [9.17, 15) is 9.59 Å². The molecule has 2 bridgehead atoms. The molecule has 154 valence electrons. The standard InChI is InChI=1S/C23H28N2O4/c26-12-5-11-25-23(28)19-8-9-21-20(16-19)15-17-6-4-7-18(14-17)22(27)24-10-2-1-3-13-29-21/h4,6-9,14,16,26H,1-3,5,10-13,15H2,(H,24,27)(H,25,28). The highest BCUT2D eigenvalue weighted by Crippen LogP contribution is 2.24. The second-order valence-electron chi connectivity index (χ2n) is 7.20. The predicted molar refractivity (Wildman–Crippen MR) is 111 cm³/mol. The van der Waals surface area contributed by atoms with E-state index >= 15 is 0 Å². The van der Waals surface area contributed by atoms with Gasteiger partial charge in [0.05, 0.1) is 6.61 Å². The van der Waals surface area contributed by atoms with E-state index in [0.717, 1.165) is 36.1 Å². The molecule has 6 nitrogen and oxygen atoms in total. The summed E-state index contributed by atoms with van der Waals surface area (Å²) in [6, 6.07) is 13.0. The van der Waals surface area contributed by atoms with Gasteiger partial charge in [0.1, 0.15) is 5.75 Å². The highest BCUT2D eigenvalue weighted by molar-refractivity contribution is 5.95. The van der Waals surface area contributed by atoms with E-state index in [1.165, 1.54) is 0 Å². The predicted octanol–water partition coefficient (Wildman–Crippen LogP) is 2.68. The van der Waals surface area contributed by atoms with Gasteiger partial charge < -0.3 is 20.5 Å². The molecule has 1 aliphatic heterocycles. The molecule has 29 heavy (non-hydrogen) atoms. The summed E-state index contributed by atoms with van der Waals surface area (Å²) in [7, 11) is 0. The third-order valence-corrected chi connectivity index (χ3v) is 4.89. The van der Waals surface area contributed by atoms with Gasteiger partial charge in [-0.25, -0.2) is 0 Å². The number of aliphatic hydroxyl groups is 1. The zero-order valence-electron chi connectivity index (χ0n) is 16.6. The first-order chi connectivity index (χ1) is 14.2. The first kappa shape index (κ1) is 20.9. The van der Waals surface area contributed by atoms with Gasteiger partial charge in [0.2, 0.25) is 0 Å². The number of hydrogen-bond donors (Lipinski definition) is 3. The Kier molecular flexibility index (Phi) is 7.64. The monoisotopic (exact) mass is 396 g/mol. The van der Waals surface area contributed by atoms with Crippen molar-refractivity contribution in [3.63, 3.8) is 0 Å². The Morgan fingerprint density at radius 1 is 1.14 bits per heavy atom. The topological polar surface area (TPSA) is 87.7 Å². The average Bonchev–Trinajstić information content (AvgIpc) is 2.73. The van der Waals surface area contributed by atoms with Crippen molar-refractivity contribution in [2.75, 3.05) is 26.3 Å². The third-order valence-electron chi connectivity index (χ3n) is 4.89. The van der Waals surface area contributed by atoms with Crippen LogP contribution in [0.15, 0.2) is 42.5 Å². The SMILES string of the molecule is O=C(NCCCO)c1ccc2c(c1)Cc1cccc(c1)C(=O)NCCCCCO2. The summed E-state index contributed by atoms with van der Waals surface area (Å²) in [4.78, 5) is 24.8. The molecule has 0 radical (unpaired) electrons. The molecule has 2 amide bonds. The van der Waals surface area contributed by atoms with Crippen LogP contribution in [0.2, 0.25) is 0 Å². The molecule has 3 rings (SSSR count). The maximum Gasteiger partial charge on any atom is 0.251 e. The lowest BCUT2D eigenvalue weighted by atomic mass is 9.99. The van der Waals surface area contributed by atoms with Gasteiger partial charge in [0, 0.05) is 37.2 Å². The van der Waals surface area contributed by atoms with Crippen LogP contribution in [0.3, 0.4) is 0 Å². The highest BCUT2D eigenvalue weighted by Gasteiger charge is 2.13. The van der Waals surface area contributed by atoms with E-state index in [2.05, 4.69) is 10.6 Å². The number of fused-ring (bicyclic) bond motifs is 3. The molecule has 2 aromatic rings. The summed E-state index contributed by atoms with van der Waals surface area (Å²) in [5, 5.41) is 14.7. The Balaban J connectivity index is 1.87. The largest absolute Gasteiger partial charge is 0.493 e. The van der Waals surface area contributed by atoms with E-state index in [-0.39, 0.29) is 18.4 Å². The Morgan fingerprint density at radius 3 is 2.90 bits per heavy atom. The van der Waals surface area contributed by atoms with Crippen molar-refractivity contribution in [2.45, 2.75) is 32.1 Å². The van der Waals surface area contributed by atoms with Crippen molar-refractivity contribution < 1.29 is 19.4 Å². The number of hydrogen-bond acceptors (Lipinski definition) is 4. The summed E-state index contributed by atoms with van der Waals surface area (Å²) < 4.78 is 6.01. The fraction of sp³-hybridized carbons (Fsp3) is 0.391. The number of carbonyl (C=O) groups excluding carboxylic acids is 2. The molecule has 0 spiro atoms. The Bertz CT molecular complexity index is 851. The number of benzene rings is 2. The number of ether oxygens (including phenoxy) is 1. The zero-order chi connectivity index (χ0) is 20.5. The Hall–Kier alpha value is -2.86. The Labute approximate surface area is 171 Å². The first-order valence-corrected chi connectivity index (χ1v) is 10.2. The van der Waals surface area contributed by atoms with Gasteiger partial charge in [-0.05, 0) is 67.1 Å². The molecule has 2 aromatic carbocycles. The smallest absolute Gasteiger partial charge is 0.251 e. The fourth-order valence-electron chi connectivity index (χ4n) is 3.32. The van der Waals surface area contributed by atoms with E-state index in [1.807, 2.05) is 36.4 Å². The summed E-state index contributed by atoms with van der Waals surface area (Å²) in [6.07, 6.45) is 3.88. The molecule has 0 fully saturated rings. The van der Waals surface area contributed by atoms with Crippen molar-refractivity contribution >= 4 is 11.8 Å². The molecule has 0 aliphatic carbocycles. The van der Waals surface area contributed by atoms with Crippen molar-refractivity contribution in [3.05, 3.63) is 64.7 Å². The van der Waals surface area contributed by atoms with Crippen LogP contribution < -0.4 is 15.4 Å². The summed E-state index contributed by atoms with van der Waals surface area (Å²) in [5.41, 5.74) is 3.09. The lowest BCUT2D eigenvalue weighted by Crippen LogP contribution is -2.25. The maximum absolute atomic E-state index is 12.4. The number of nitrogens with one attached hydrogen (secondary N) is 2. The van der Waals surface area contributed by atoms with Gasteiger partial charge >= 0.3 is 0 Å². The van der Waals surface area contributed by atoms with E-state index in [1.54, 1.807) is 6.07 Å². The van der Waals surface area contributed by atoms with Crippen molar-refractivity contribution in [1.82, 2.24) is 10.6 Å². The van der Waals surface area contributed by atoms with Gasteiger partial charge in [-0.3, -0.25) is 9.59 Å². The summed E-state index contributed by atoms with van der Waals surface area (Å²) in [6.45, 7) is 1.74. The molecule has 1 aliphatic rings. The maximum atomic E-state index is 12.4. The minimum atomic E-state index is -0.172. The average molecular weight is 396 g/mol. The van der Waals surface area contributed by atoms with Gasteiger partial charge in [0.15, 0.2) is 0 Å². The molecule has 0 atom stereocenters. The van der Waals surface area contributed by atoms with Crippen LogP contribution in [0.5, 0.6) is 5.75 Å². The molecule has 0 saturated carbocycles. The zero-order valence-corrected chi connectivity index (χ0v) is 16.6. The van der Waals surface area contributed by atoms with Crippen molar-refractivity contribution in [2.24, 2.45) is 0 Å². The second kappa shape index (κ2) is 10.6. The van der Waals surface area contributed by atoms with Crippen LogP contribution in [-0.4, -0.2) is 43.2 Å². The van der Waals surface area contributed by atoms with Crippen LogP contribution in [0.25, 0.3) is 0 Å². The van der Waals surface area contributed by atoms with E-state index in [0.29, 0.717) is 43.7 Å². The molecule has 1 heterocycles. The number of rotatable bonds is 4. The quantitative estimate of drug-likeness (QED) is 0.694. The van der Waals surface area contributed by atoms with Crippen LogP contribution in [0, 0.1) is 0 Å². The molecule has 0 saturated heterocycles. The second-order valence-corrected chi connectivity index (χ2v) is 7.20. The fourth-order valence-corrected chi connectivity index (χ4v) is 3.32. The number of carbonyl (C=O) groups is 2. The molecule has 0 unspecified atom stereocenters. The minimum absolute atomic E-state index is 0.0439. The minimum Gasteiger partial charge on any atom is -0.493 e. The van der Waals surface area contributed by atoms with Gasteiger partial charge in [0.25, 0.3) is 11.8 Å². The Morgan fingerprint density at radius 2 is 2.03 bits per heavy atom. The van der Waals surface area contributed by atoms with Crippen LogP contribution >= 0.6 is 0 Å². The highest BCUT2D eigenvalue weighted by atomic mass is 16.5. The van der Waals surface area contributed by atoms with E-state index < -0.39 is 0 Å². The van der Waals surface area contributed by atoms with Crippen LogP contribution in [0.4, 0.5) is 0 Å². The summed E-state index contributed by atoms with van der Waals surface area (Å²) in [5.74, 6) is 0.537. The van der Waals surface area contributed by atoms with Gasteiger partial charge in [-0.2, -0.15) is 0 Å². The van der Waals surface area contributed by atoms with Crippen molar-refractivity contribution in [1.29, 1.82) is 0 Å². The van der Waals surface area contributed by atoms with Crippen molar-refractivity contribution in [3.8, 4) is 5.75 Å². The normalized spacial score (nSPS) is 14.7. The lowest BCUT2D eigenvalue weighted by Gasteiger charge is -2.15. The molecular formula is C23H28N2O4. The molecule has 3 N–H and O–H groups in total. The molecule has 6 heteroatoms. The van der Waals surface area contributed by atoms with Crippen LogP contribution in [-0.2, 0) is 6.42 Å². The number of amides is 2. The number of aliphatic hydroxyl groups excluding tert-OH is 1. The van der Waals surface area contributed by atoms with Gasteiger partial charge in [-0.15, -0.1) is 0 Å². The lowest BCUT2D eigenvalue weighted by molar-refractivity contribution is 0.0943.